The number of hydrogen-bond acceptors (Lipinski definition) is 7. The Morgan fingerprint density at radius 2 is 1.68 bits per heavy atom. The van der Waals surface area contributed by atoms with Crippen LogP contribution in [0.5, 0.6) is 5.88 Å². The number of rotatable bonds is 9. The van der Waals surface area contributed by atoms with Gasteiger partial charge in [0.1, 0.15) is 17.5 Å². The van der Waals surface area contributed by atoms with E-state index in [0.29, 0.717) is 55.7 Å². The molecule has 0 spiro atoms. The third kappa shape index (κ3) is 9.56. The van der Waals surface area contributed by atoms with E-state index in [1.807, 2.05) is 19.9 Å². The van der Waals surface area contributed by atoms with Crippen molar-refractivity contribution < 1.29 is 33.0 Å². The molecule has 3 amide bonds. The first kappa shape index (κ1) is 33.0. The molecule has 44 heavy (non-hydrogen) atoms. The molecule has 10 nitrogen and oxygen atoms in total. The molecule has 1 unspecified atom stereocenters. The van der Waals surface area contributed by atoms with E-state index in [2.05, 4.69) is 10.3 Å². The van der Waals surface area contributed by atoms with Crippen LogP contribution in [0.15, 0.2) is 36.5 Å². The Kier molecular flexibility index (Phi) is 11.0. The minimum Gasteiger partial charge on any atom is -0.477 e. The number of amides is 3. The fourth-order valence-corrected chi connectivity index (χ4v) is 5.32. The number of carbonyl (C=O) groups excluding carboxylic acids is 3. The number of nitrogens with zero attached hydrogens (tertiary/aromatic N) is 3. The van der Waals surface area contributed by atoms with Gasteiger partial charge < -0.3 is 29.3 Å². The molecule has 2 aliphatic rings. The smallest absolute Gasteiger partial charge is 0.410 e. The number of halogens is 1. The summed E-state index contributed by atoms with van der Waals surface area (Å²) in [5, 5.41) is 2.66. The quantitative estimate of drug-likeness (QED) is 0.394. The Morgan fingerprint density at radius 3 is 2.27 bits per heavy atom. The van der Waals surface area contributed by atoms with E-state index in [4.69, 9.17) is 14.2 Å². The molecule has 2 aromatic rings. The second-order valence-corrected chi connectivity index (χ2v) is 12.8. The summed E-state index contributed by atoms with van der Waals surface area (Å²) in [5.74, 6) is 0.0728. The number of nitrogens with one attached hydrogen (secondary N) is 1. The fourth-order valence-electron chi connectivity index (χ4n) is 5.32. The second-order valence-electron chi connectivity index (χ2n) is 12.8. The molecule has 1 aromatic carbocycles. The molecule has 0 radical (unpaired) electrons. The number of likely N-dealkylation sites (tertiary alicyclic amines) is 2. The molecule has 2 aliphatic heterocycles. The van der Waals surface area contributed by atoms with Crippen LogP contribution in [0.4, 0.5) is 14.0 Å². The Morgan fingerprint density at radius 1 is 1.00 bits per heavy atom. The third-order valence-corrected chi connectivity index (χ3v) is 7.63. The van der Waals surface area contributed by atoms with Gasteiger partial charge in [0.15, 0.2) is 0 Å². The van der Waals surface area contributed by atoms with Crippen LogP contribution in [0, 0.1) is 11.7 Å². The van der Waals surface area contributed by atoms with Gasteiger partial charge in [0.05, 0.1) is 12.7 Å². The number of aromatic nitrogens is 1. The molecule has 2 saturated heterocycles. The summed E-state index contributed by atoms with van der Waals surface area (Å²) < 4.78 is 31.9. The van der Waals surface area contributed by atoms with Gasteiger partial charge in [-0.3, -0.25) is 4.79 Å². The van der Waals surface area contributed by atoms with E-state index in [1.54, 1.807) is 55.0 Å². The van der Waals surface area contributed by atoms with Gasteiger partial charge in [-0.05, 0) is 89.5 Å². The van der Waals surface area contributed by atoms with Crippen molar-refractivity contribution in [2.45, 2.75) is 84.5 Å². The summed E-state index contributed by atoms with van der Waals surface area (Å²) in [5.41, 5.74) is 0.943. The number of hydrogen-bond donors (Lipinski definition) is 1. The third-order valence-electron chi connectivity index (χ3n) is 7.63. The van der Waals surface area contributed by atoms with Gasteiger partial charge in [-0.15, -0.1) is 0 Å². The molecule has 240 valence electrons. The second kappa shape index (κ2) is 14.7. The lowest BCUT2D eigenvalue weighted by atomic mass is 9.98. The average Bonchev–Trinajstić information content (AvgIpc) is 3.51. The molecule has 1 aromatic heterocycles. The Hall–Kier alpha value is -3.89. The van der Waals surface area contributed by atoms with Crippen molar-refractivity contribution in [2.24, 2.45) is 5.92 Å². The summed E-state index contributed by atoms with van der Waals surface area (Å²) in [6, 6.07) is 7.47. The van der Waals surface area contributed by atoms with E-state index < -0.39 is 23.6 Å². The topological polar surface area (TPSA) is 110 Å². The fraction of sp³-hybridized carbons (Fsp3) is 0.576. The van der Waals surface area contributed by atoms with Crippen molar-refractivity contribution in [3.63, 3.8) is 0 Å². The van der Waals surface area contributed by atoms with Crippen LogP contribution in [0.1, 0.15) is 65.9 Å². The van der Waals surface area contributed by atoms with E-state index in [-0.39, 0.29) is 24.5 Å². The highest BCUT2D eigenvalue weighted by molar-refractivity contribution is 5.86. The normalized spacial score (nSPS) is 16.5. The molecule has 3 heterocycles. The number of carbonyl (C=O) groups is 3. The molecule has 11 heteroatoms. The van der Waals surface area contributed by atoms with Gasteiger partial charge in [-0.2, -0.15) is 0 Å². The van der Waals surface area contributed by atoms with Gasteiger partial charge in [0, 0.05) is 50.4 Å². The van der Waals surface area contributed by atoms with Crippen molar-refractivity contribution in [3.8, 4) is 17.0 Å². The van der Waals surface area contributed by atoms with Gasteiger partial charge in [0.2, 0.25) is 11.8 Å². The van der Waals surface area contributed by atoms with Crippen LogP contribution < -0.4 is 10.1 Å². The zero-order valence-corrected chi connectivity index (χ0v) is 26.4. The summed E-state index contributed by atoms with van der Waals surface area (Å²) in [6.07, 6.45) is 3.99. The molecule has 0 bridgehead atoms. The first-order chi connectivity index (χ1) is 20.9. The summed E-state index contributed by atoms with van der Waals surface area (Å²) in [4.78, 5) is 45.6. The largest absolute Gasteiger partial charge is 0.477 e. The molecule has 1 atom stereocenters. The van der Waals surface area contributed by atoms with Crippen LogP contribution in [0.3, 0.4) is 0 Å². The van der Waals surface area contributed by atoms with Crippen molar-refractivity contribution >= 4 is 18.1 Å². The van der Waals surface area contributed by atoms with E-state index in [9.17, 15) is 14.4 Å². The lowest BCUT2D eigenvalue weighted by Gasteiger charge is -2.31. The minimum absolute atomic E-state index is 0.00353. The molecule has 4 rings (SSSR count). The lowest BCUT2D eigenvalue weighted by Crippen LogP contribution is -2.50. The van der Waals surface area contributed by atoms with Crippen LogP contribution in [0.25, 0.3) is 11.1 Å². The minimum atomic E-state index is -0.942. The maximum absolute atomic E-state index is 15.3. The standard InChI is InChI=1S/C33H45FN4O6/c1-22(2)43-32(41)38-16-12-23(13-17-38)21-42-29-11-10-26(20-35-29)24-8-9-25(27(34)18-24)19-28(30(39)37-14-6-7-15-37)36-31(40)44-33(3,4)5/h8-11,18,20,22-23,28H,6-7,12-17,19,21H2,1-5H3,(H,36,40). The SMILES string of the molecule is CC(C)OC(=O)N1CCC(COc2ccc(-c3ccc(CC(NC(=O)OC(C)(C)C)C(=O)N4CCCC4)c(F)c3)cn2)CC1. The lowest BCUT2D eigenvalue weighted by molar-refractivity contribution is -0.132. The van der Waals surface area contributed by atoms with Gasteiger partial charge in [0.25, 0.3) is 0 Å². The maximum atomic E-state index is 15.3. The van der Waals surface area contributed by atoms with Crippen LogP contribution in [0.2, 0.25) is 0 Å². The highest BCUT2D eigenvalue weighted by atomic mass is 19.1. The first-order valence-corrected chi connectivity index (χ1v) is 15.5. The molecule has 0 aliphatic carbocycles. The van der Waals surface area contributed by atoms with Crippen molar-refractivity contribution in [1.82, 2.24) is 20.1 Å². The zero-order valence-electron chi connectivity index (χ0n) is 26.4. The van der Waals surface area contributed by atoms with Crippen molar-refractivity contribution in [3.05, 3.63) is 47.9 Å². The average molecular weight is 613 g/mol. The highest BCUT2D eigenvalue weighted by Crippen LogP contribution is 2.25. The molecular formula is C33H45FN4O6. The number of alkyl carbamates (subject to hydrolysis) is 1. The van der Waals surface area contributed by atoms with Crippen molar-refractivity contribution in [2.75, 3.05) is 32.8 Å². The molecule has 1 N–H and O–H groups in total. The van der Waals surface area contributed by atoms with Gasteiger partial charge >= 0.3 is 12.2 Å². The van der Waals surface area contributed by atoms with Gasteiger partial charge in [-0.1, -0.05) is 12.1 Å². The first-order valence-electron chi connectivity index (χ1n) is 15.5. The van der Waals surface area contributed by atoms with Crippen LogP contribution in [-0.2, 0) is 20.7 Å². The predicted molar refractivity (Wildman–Crippen MR) is 164 cm³/mol. The Balaban J connectivity index is 1.34. The van der Waals surface area contributed by atoms with Crippen LogP contribution in [-0.4, -0.2) is 83.4 Å². The summed E-state index contributed by atoms with van der Waals surface area (Å²) >= 11 is 0. The Bertz CT molecular complexity index is 1280. The molecule has 2 fully saturated rings. The molecule has 0 saturated carbocycles. The van der Waals surface area contributed by atoms with E-state index >= 15 is 4.39 Å². The number of piperidine rings is 1. The van der Waals surface area contributed by atoms with Gasteiger partial charge in [-0.25, -0.2) is 19.0 Å². The number of pyridine rings is 1. The summed E-state index contributed by atoms with van der Waals surface area (Å²) in [6.45, 7) is 11.9. The summed E-state index contributed by atoms with van der Waals surface area (Å²) in [7, 11) is 0. The monoisotopic (exact) mass is 612 g/mol. The number of ether oxygens (including phenoxy) is 3. The highest BCUT2D eigenvalue weighted by Gasteiger charge is 2.30. The van der Waals surface area contributed by atoms with Crippen LogP contribution >= 0.6 is 0 Å². The number of benzene rings is 1. The predicted octanol–water partition coefficient (Wildman–Crippen LogP) is 5.58. The maximum Gasteiger partial charge on any atom is 0.410 e. The Labute approximate surface area is 259 Å². The molecular weight excluding hydrogens is 567 g/mol. The van der Waals surface area contributed by atoms with Crippen molar-refractivity contribution in [1.29, 1.82) is 0 Å². The zero-order chi connectivity index (χ0) is 31.9. The van der Waals surface area contributed by atoms with E-state index in [1.165, 1.54) is 6.07 Å². The van der Waals surface area contributed by atoms with E-state index in [0.717, 1.165) is 31.2 Å².